The third-order valence-corrected chi connectivity index (χ3v) is 3.57. The van der Waals surface area contributed by atoms with E-state index in [1.54, 1.807) is 18.3 Å². The number of pyridine rings is 1. The molecule has 5 nitrogen and oxygen atoms in total. The third-order valence-electron chi connectivity index (χ3n) is 3.12. The van der Waals surface area contributed by atoms with E-state index in [1.165, 1.54) is 6.20 Å². The Morgan fingerprint density at radius 3 is 2.75 bits per heavy atom. The largest absolute Gasteiger partial charge is 0.399 e. The lowest BCUT2D eigenvalue weighted by Crippen LogP contribution is -1.96. The Morgan fingerprint density at radius 2 is 1.92 bits per heavy atom. The Hall–Kier alpha value is -2.63. The molecule has 0 saturated heterocycles. The first kappa shape index (κ1) is 16.2. The van der Waals surface area contributed by atoms with E-state index in [2.05, 4.69) is 20.3 Å². The van der Waals surface area contributed by atoms with Gasteiger partial charge in [0.2, 0.25) is 5.28 Å². The van der Waals surface area contributed by atoms with Crippen LogP contribution in [-0.4, -0.2) is 15.0 Å². The van der Waals surface area contributed by atoms with E-state index < -0.39 is 0 Å². The summed E-state index contributed by atoms with van der Waals surface area (Å²) in [5.74, 6) is 0.454. The molecule has 0 bridgehead atoms. The number of anilines is 3. The monoisotopic (exact) mass is 357 g/mol. The highest BCUT2D eigenvalue weighted by atomic mass is 35.5. The summed E-state index contributed by atoms with van der Waals surface area (Å²) in [6.45, 7) is 0. The molecular weight excluding hydrogens is 345 g/mol. The van der Waals surface area contributed by atoms with Crippen molar-refractivity contribution < 1.29 is 0 Å². The van der Waals surface area contributed by atoms with Gasteiger partial charge in [0, 0.05) is 17.6 Å². The van der Waals surface area contributed by atoms with Crippen LogP contribution in [0.3, 0.4) is 0 Å². The Labute approximate surface area is 149 Å². The van der Waals surface area contributed by atoms with Crippen molar-refractivity contribution in [3.05, 3.63) is 70.4 Å². The molecule has 0 aliphatic carbocycles. The number of nitrogens with one attached hydrogen (secondary N) is 1. The number of benzene rings is 1. The van der Waals surface area contributed by atoms with E-state index in [4.69, 9.17) is 28.9 Å². The first-order valence-corrected chi connectivity index (χ1v) is 7.80. The normalized spacial score (nSPS) is 10.9. The molecule has 0 aliphatic heterocycles. The minimum atomic E-state index is 0.130. The van der Waals surface area contributed by atoms with Gasteiger partial charge in [-0.2, -0.15) is 4.98 Å². The summed E-state index contributed by atoms with van der Waals surface area (Å²) in [5.41, 5.74) is 9.03. The zero-order valence-electron chi connectivity index (χ0n) is 12.4. The zero-order chi connectivity index (χ0) is 16.9. The maximum atomic E-state index is 6.06. The number of nitrogen functional groups attached to an aromatic ring is 1. The molecule has 0 unspecified atom stereocenters. The lowest BCUT2D eigenvalue weighted by molar-refractivity contribution is 1.17. The second kappa shape index (κ2) is 7.29. The van der Waals surface area contributed by atoms with Crippen LogP contribution in [0.25, 0.3) is 12.2 Å². The summed E-state index contributed by atoms with van der Waals surface area (Å²) in [6, 6.07) is 11.3. The lowest BCUT2D eigenvalue weighted by atomic mass is 10.1. The predicted molar refractivity (Wildman–Crippen MR) is 99.4 cm³/mol. The van der Waals surface area contributed by atoms with Crippen molar-refractivity contribution in [1.29, 1.82) is 0 Å². The van der Waals surface area contributed by atoms with Crippen molar-refractivity contribution in [3.8, 4) is 0 Å². The first-order valence-electron chi connectivity index (χ1n) is 7.05. The lowest BCUT2D eigenvalue weighted by Gasteiger charge is -2.08. The van der Waals surface area contributed by atoms with Gasteiger partial charge in [-0.25, -0.2) is 4.98 Å². The summed E-state index contributed by atoms with van der Waals surface area (Å²) in [4.78, 5) is 12.1. The summed E-state index contributed by atoms with van der Waals surface area (Å²) in [7, 11) is 0. The van der Waals surface area contributed by atoms with E-state index in [9.17, 15) is 0 Å². The van der Waals surface area contributed by atoms with Crippen LogP contribution < -0.4 is 11.1 Å². The van der Waals surface area contributed by atoms with Crippen molar-refractivity contribution in [3.63, 3.8) is 0 Å². The summed E-state index contributed by atoms with van der Waals surface area (Å²) in [6.07, 6.45) is 6.97. The topological polar surface area (TPSA) is 76.7 Å². The average molecular weight is 358 g/mol. The maximum absolute atomic E-state index is 6.06. The summed E-state index contributed by atoms with van der Waals surface area (Å²) >= 11 is 11.9. The molecule has 0 saturated carbocycles. The number of hydrogen-bond donors (Lipinski definition) is 2. The molecule has 120 valence electrons. The van der Waals surface area contributed by atoms with Gasteiger partial charge in [-0.1, -0.05) is 29.8 Å². The minimum Gasteiger partial charge on any atom is -0.399 e. The number of hydrogen-bond acceptors (Lipinski definition) is 5. The SMILES string of the molecule is Nc1ccnc(C=Cc2cccc(Nc3nc(Cl)ncc3Cl)c2)c1. The molecule has 0 spiro atoms. The molecular formula is C17H13Cl2N5. The Morgan fingerprint density at radius 1 is 1.04 bits per heavy atom. The Bertz CT molecular complexity index is 896. The minimum absolute atomic E-state index is 0.130. The summed E-state index contributed by atoms with van der Waals surface area (Å²) < 4.78 is 0. The van der Waals surface area contributed by atoms with Crippen LogP contribution in [0.15, 0.2) is 48.8 Å². The second-order valence-electron chi connectivity index (χ2n) is 4.93. The Balaban J connectivity index is 1.80. The molecule has 3 aromatic rings. The summed E-state index contributed by atoms with van der Waals surface area (Å²) in [5, 5.41) is 3.65. The van der Waals surface area contributed by atoms with E-state index in [1.807, 2.05) is 36.4 Å². The molecule has 0 fully saturated rings. The number of halogens is 2. The van der Waals surface area contributed by atoms with Crippen LogP contribution in [-0.2, 0) is 0 Å². The quantitative estimate of drug-likeness (QED) is 0.663. The van der Waals surface area contributed by atoms with Crippen molar-refractivity contribution in [1.82, 2.24) is 15.0 Å². The molecule has 7 heteroatoms. The van der Waals surface area contributed by atoms with Gasteiger partial charge in [0.05, 0.1) is 11.9 Å². The third kappa shape index (κ3) is 4.22. The van der Waals surface area contributed by atoms with Crippen molar-refractivity contribution in [2.24, 2.45) is 0 Å². The fourth-order valence-electron chi connectivity index (χ4n) is 2.03. The molecule has 0 amide bonds. The van der Waals surface area contributed by atoms with Gasteiger partial charge >= 0.3 is 0 Å². The van der Waals surface area contributed by atoms with E-state index in [-0.39, 0.29) is 5.28 Å². The number of nitrogens with zero attached hydrogens (tertiary/aromatic N) is 3. The molecule has 24 heavy (non-hydrogen) atoms. The van der Waals surface area contributed by atoms with Crippen LogP contribution >= 0.6 is 23.2 Å². The van der Waals surface area contributed by atoms with Crippen molar-refractivity contribution in [2.75, 3.05) is 11.1 Å². The number of nitrogens with two attached hydrogens (primary N) is 1. The Kier molecular flexibility index (Phi) is 4.93. The number of rotatable bonds is 4. The molecule has 2 heterocycles. The molecule has 0 aliphatic rings. The molecule has 0 atom stereocenters. The van der Waals surface area contributed by atoms with Crippen molar-refractivity contribution >= 4 is 52.5 Å². The zero-order valence-corrected chi connectivity index (χ0v) is 14.0. The van der Waals surface area contributed by atoms with Crippen LogP contribution in [0, 0.1) is 0 Å². The molecule has 2 aromatic heterocycles. The van der Waals surface area contributed by atoms with Gasteiger partial charge in [-0.15, -0.1) is 0 Å². The number of aromatic nitrogens is 3. The predicted octanol–water partition coefficient (Wildman–Crippen LogP) is 4.67. The molecule has 0 radical (unpaired) electrons. The average Bonchev–Trinajstić information content (AvgIpc) is 2.57. The van der Waals surface area contributed by atoms with Crippen LogP contribution in [0.5, 0.6) is 0 Å². The molecule has 3 N–H and O–H groups in total. The van der Waals surface area contributed by atoms with Gasteiger partial charge in [-0.3, -0.25) is 4.98 Å². The highest BCUT2D eigenvalue weighted by Gasteiger charge is 2.04. The molecule has 1 aromatic carbocycles. The smallest absolute Gasteiger partial charge is 0.224 e. The van der Waals surface area contributed by atoms with Gasteiger partial charge in [0.1, 0.15) is 5.02 Å². The van der Waals surface area contributed by atoms with Gasteiger partial charge in [-0.05, 0) is 47.5 Å². The molecule has 3 rings (SSSR count). The highest BCUT2D eigenvalue weighted by Crippen LogP contribution is 2.24. The van der Waals surface area contributed by atoms with Gasteiger partial charge < -0.3 is 11.1 Å². The van der Waals surface area contributed by atoms with Crippen LogP contribution in [0.2, 0.25) is 10.3 Å². The maximum Gasteiger partial charge on any atom is 0.224 e. The standard InChI is InChI=1S/C17H13Cl2N5/c18-15-10-22-17(19)24-16(15)23-14-3-1-2-11(8-14)4-5-13-9-12(20)6-7-21-13/h1-10H,(H2,20,21)(H,22,23,24). The fourth-order valence-corrected chi connectivity index (χ4v) is 2.30. The van der Waals surface area contributed by atoms with Gasteiger partial charge in [0.25, 0.3) is 0 Å². The van der Waals surface area contributed by atoms with E-state index in [0.717, 1.165) is 16.9 Å². The van der Waals surface area contributed by atoms with Crippen LogP contribution in [0.4, 0.5) is 17.2 Å². The second-order valence-corrected chi connectivity index (χ2v) is 5.68. The van der Waals surface area contributed by atoms with Crippen LogP contribution in [0.1, 0.15) is 11.3 Å². The van der Waals surface area contributed by atoms with E-state index in [0.29, 0.717) is 16.5 Å². The first-order chi connectivity index (χ1) is 11.6. The van der Waals surface area contributed by atoms with Crippen molar-refractivity contribution in [2.45, 2.75) is 0 Å². The fraction of sp³-hybridized carbons (Fsp3) is 0. The highest BCUT2D eigenvalue weighted by molar-refractivity contribution is 6.33. The van der Waals surface area contributed by atoms with E-state index >= 15 is 0 Å². The van der Waals surface area contributed by atoms with Gasteiger partial charge in [0.15, 0.2) is 5.82 Å².